The van der Waals surface area contributed by atoms with Gasteiger partial charge in [-0.2, -0.15) is 13.2 Å². The highest BCUT2D eigenvalue weighted by molar-refractivity contribution is 5.92. The lowest BCUT2D eigenvalue weighted by Crippen LogP contribution is -2.20. The number of hydrogen-bond acceptors (Lipinski definition) is 2. The van der Waals surface area contributed by atoms with Crippen molar-refractivity contribution in [3.8, 4) is 5.75 Å². The summed E-state index contributed by atoms with van der Waals surface area (Å²) < 4.78 is 42.7. The first-order valence-corrected chi connectivity index (χ1v) is 7.56. The molecule has 0 saturated carbocycles. The van der Waals surface area contributed by atoms with Gasteiger partial charge in [-0.25, -0.2) is 0 Å². The Morgan fingerprint density at radius 1 is 1.16 bits per heavy atom. The molecule has 2 aromatic carbocycles. The van der Waals surface area contributed by atoms with Crippen LogP contribution in [0.5, 0.6) is 5.75 Å². The van der Waals surface area contributed by atoms with Crippen molar-refractivity contribution in [2.24, 2.45) is 0 Å². The van der Waals surface area contributed by atoms with E-state index in [4.69, 9.17) is 4.74 Å². The molecule has 0 heterocycles. The minimum Gasteiger partial charge on any atom is -0.496 e. The predicted octanol–water partition coefficient (Wildman–Crippen LogP) is 4.35. The zero-order valence-electron chi connectivity index (χ0n) is 13.9. The van der Waals surface area contributed by atoms with Crippen molar-refractivity contribution < 1.29 is 22.7 Å². The number of benzene rings is 2. The number of halogens is 3. The number of rotatable bonds is 5. The molecular formula is C19H18F3NO2. The second kappa shape index (κ2) is 7.88. The number of hydrogen-bond donors (Lipinski definition) is 1. The standard InChI is InChI=1S/C19H18F3NO2/c1-13-3-9-17(25-2)15(11-13)6-10-18(24)23-12-14-4-7-16(8-5-14)19(20,21)22/h3-11H,12H2,1-2H3,(H,23,24)/b10-6+. The molecule has 0 aliphatic heterocycles. The van der Waals surface area contributed by atoms with Gasteiger partial charge in [0.15, 0.2) is 0 Å². The number of ether oxygens (including phenoxy) is 1. The minimum absolute atomic E-state index is 0.145. The van der Waals surface area contributed by atoms with Crippen LogP contribution in [0.25, 0.3) is 6.08 Å². The summed E-state index contributed by atoms with van der Waals surface area (Å²) in [5, 5.41) is 2.63. The summed E-state index contributed by atoms with van der Waals surface area (Å²) in [6.07, 6.45) is -1.37. The van der Waals surface area contributed by atoms with E-state index in [-0.39, 0.29) is 12.5 Å². The van der Waals surface area contributed by atoms with Crippen LogP contribution in [0.3, 0.4) is 0 Å². The highest BCUT2D eigenvalue weighted by Crippen LogP contribution is 2.29. The van der Waals surface area contributed by atoms with Gasteiger partial charge in [-0.05, 0) is 42.8 Å². The van der Waals surface area contributed by atoms with E-state index in [2.05, 4.69) is 5.32 Å². The van der Waals surface area contributed by atoms with Crippen molar-refractivity contribution in [3.63, 3.8) is 0 Å². The number of carbonyl (C=O) groups is 1. The topological polar surface area (TPSA) is 38.3 Å². The Hall–Kier alpha value is -2.76. The zero-order chi connectivity index (χ0) is 18.4. The minimum atomic E-state index is -4.36. The molecule has 6 heteroatoms. The van der Waals surface area contributed by atoms with Crippen LogP contribution in [-0.2, 0) is 17.5 Å². The van der Waals surface area contributed by atoms with Crippen LogP contribution in [0.15, 0.2) is 48.5 Å². The van der Waals surface area contributed by atoms with E-state index in [0.717, 1.165) is 23.3 Å². The number of carbonyl (C=O) groups excluding carboxylic acids is 1. The molecule has 0 atom stereocenters. The number of methoxy groups -OCH3 is 1. The third-order valence-electron chi connectivity index (χ3n) is 3.55. The van der Waals surface area contributed by atoms with Crippen molar-refractivity contribution >= 4 is 12.0 Å². The van der Waals surface area contributed by atoms with E-state index in [1.807, 2.05) is 25.1 Å². The summed E-state index contributed by atoms with van der Waals surface area (Å²) in [6.45, 7) is 2.08. The van der Waals surface area contributed by atoms with Gasteiger partial charge in [0.05, 0.1) is 12.7 Å². The highest BCUT2D eigenvalue weighted by Gasteiger charge is 2.29. The summed E-state index contributed by atoms with van der Waals surface area (Å²) in [5.41, 5.74) is 1.68. The highest BCUT2D eigenvalue weighted by atomic mass is 19.4. The second-order valence-corrected chi connectivity index (χ2v) is 5.49. The molecule has 0 saturated heterocycles. The number of aryl methyl sites for hydroxylation is 1. The van der Waals surface area contributed by atoms with Gasteiger partial charge in [-0.3, -0.25) is 4.79 Å². The number of nitrogens with one attached hydrogen (secondary N) is 1. The molecule has 2 aromatic rings. The Morgan fingerprint density at radius 2 is 1.84 bits per heavy atom. The summed E-state index contributed by atoms with van der Waals surface area (Å²) >= 11 is 0. The summed E-state index contributed by atoms with van der Waals surface area (Å²) in [4.78, 5) is 11.9. The van der Waals surface area contributed by atoms with E-state index in [1.54, 1.807) is 13.2 Å². The lowest BCUT2D eigenvalue weighted by atomic mass is 10.1. The largest absolute Gasteiger partial charge is 0.496 e. The molecule has 0 unspecified atom stereocenters. The van der Waals surface area contributed by atoms with Gasteiger partial charge in [0, 0.05) is 18.2 Å². The predicted molar refractivity (Wildman–Crippen MR) is 90.1 cm³/mol. The average Bonchev–Trinajstić information content (AvgIpc) is 2.58. The van der Waals surface area contributed by atoms with E-state index in [0.29, 0.717) is 11.3 Å². The van der Waals surface area contributed by atoms with Crippen molar-refractivity contribution in [3.05, 3.63) is 70.8 Å². The van der Waals surface area contributed by atoms with Gasteiger partial charge in [-0.15, -0.1) is 0 Å². The van der Waals surface area contributed by atoms with Gasteiger partial charge < -0.3 is 10.1 Å². The SMILES string of the molecule is COc1ccc(C)cc1/C=C/C(=O)NCc1ccc(C(F)(F)F)cc1. The van der Waals surface area contributed by atoms with Crippen LogP contribution < -0.4 is 10.1 Å². The van der Waals surface area contributed by atoms with Crippen molar-refractivity contribution in [1.29, 1.82) is 0 Å². The molecule has 0 radical (unpaired) electrons. The van der Waals surface area contributed by atoms with Crippen LogP contribution in [-0.4, -0.2) is 13.0 Å². The first-order chi connectivity index (χ1) is 11.8. The molecule has 0 aromatic heterocycles. The van der Waals surface area contributed by atoms with Crippen molar-refractivity contribution in [2.75, 3.05) is 7.11 Å². The van der Waals surface area contributed by atoms with Crippen LogP contribution in [0.1, 0.15) is 22.3 Å². The Bertz CT molecular complexity index is 765. The fraction of sp³-hybridized carbons (Fsp3) is 0.211. The molecule has 1 amide bonds. The van der Waals surface area contributed by atoms with E-state index < -0.39 is 11.7 Å². The Labute approximate surface area is 144 Å². The van der Waals surface area contributed by atoms with Crippen LogP contribution in [0, 0.1) is 6.92 Å². The molecule has 0 aliphatic carbocycles. The molecule has 0 bridgehead atoms. The fourth-order valence-electron chi connectivity index (χ4n) is 2.21. The van der Waals surface area contributed by atoms with Gasteiger partial charge in [0.2, 0.25) is 5.91 Å². The maximum absolute atomic E-state index is 12.5. The molecule has 0 aliphatic rings. The Kier molecular flexibility index (Phi) is 5.85. The van der Waals surface area contributed by atoms with Gasteiger partial charge in [0.1, 0.15) is 5.75 Å². The lowest BCUT2D eigenvalue weighted by Gasteiger charge is -2.08. The summed E-state index contributed by atoms with van der Waals surface area (Å²) in [5.74, 6) is 0.306. The Balaban J connectivity index is 1.96. The molecule has 1 N–H and O–H groups in total. The molecule has 0 spiro atoms. The monoisotopic (exact) mass is 349 g/mol. The zero-order valence-corrected chi connectivity index (χ0v) is 13.9. The average molecular weight is 349 g/mol. The van der Waals surface area contributed by atoms with Gasteiger partial charge in [-0.1, -0.05) is 23.8 Å². The third-order valence-corrected chi connectivity index (χ3v) is 3.55. The molecule has 25 heavy (non-hydrogen) atoms. The summed E-state index contributed by atoms with van der Waals surface area (Å²) in [6, 6.07) is 10.3. The molecule has 3 nitrogen and oxygen atoms in total. The molecular weight excluding hydrogens is 331 g/mol. The molecule has 0 fully saturated rings. The first kappa shape index (κ1) is 18.6. The van der Waals surface area contributed by atoms with Crippen LogP contribution in [0.4, 0.5) is 13.2 Å². The third kappa shape index (κ3) is 5.38. The lowest BCUT2D eigenvalue weighted by molar-refractivity contribution is -0.137. The number of alkyl halides is 3. The van der Waals surface area contributed by atoms with E-state index in [9.17, 15) is 18.0 Å². The van der Waals surface area contributed by atoms with E-state index >= 15 is 0 Å². The molecule has 132 valence electrons. The maximum atomic E-state index is 12.5. The van der Waals surface area contributed by atoms with Crippen LogP contribution in [0.2, 0.25) is 0 Å². The maximum Gasteiger partial charge on any atom is 0.416 e. The van der Waals surface area contributed by atoms with Crippen LogP contribution >= 0.6 is 0 Å². The molecule has 2 rings (SSSR count). The van der Waals surface area contributed by atoms with E-state index in [1.165, 1.54) is 18.2 Å². The van der Waals surface area contributed by atoms with Gasteiger partial charge >= 0.3 is 6.18 Å². The smallest absolute Gasteiger partial charge is 0.416 e. The Morgan fingerprint density at radius 3 is 2.44 bits per heavy atom. The summed E-state index contributed by atoms with van der Waals surface area (Å²) in [7, 11) is 1.55. The fourth-order valence-corrected chi connectivity index (χ4v) is 2.21. The first-order valence-electron chi connectivity index (χ1n) is 7.56. The quantitative estimate of drug-likeness (QED) is 0.815. The van der Waals surface area contributed by atoms with Crippen molar-refractivity contribution in [2.45, 2.75) is 19.6 Å². The van der Waals surface area contributed by atoms with Crippen molar-refractivity contribution in [1.82, 2.24) is 5.32 Å². The number of amides is 1. The normalized spacial score (nSPS) is 11.6. The van der Waals surface area contributed by atoms with Gasteiger partial charge in [0.25, 0.3) is 0 Å². The second-order valence-electron chi connectivity index (χ2n) is 5.49.